The first-order valence-electron chi connectivity index (χ1n) is 8.01. The Morgan fingerprint density at radius 1 is 1.29 bits per heavy atom. The van der Waals surface area contributed by atoms with E-state index in [0.29, 0.717) is 12.5 Å². The van der Waals surface area contributed by atoms with E-state index >= 15 is 0 Å². The lowest BCUT2D eigenvalue weighted by molar-refractivity contribution is -0.162. The second kappa shape index (κ2) is 5.27. The molecule has 2 heterocycles. The minimum absolute atomic E-state index is 0.0337. The zero-order chi connectivity index (χ0) is 15.2. The van der Waals surface area contributed by atoms with Crippen molar-refractivity contribution in [1.82, 2.24) is 5.32 Å². The van der Waals surface area contributed by atoms with E-state index in [9.17, 15) is 9.59 Å². The summed E-state index contributed by atoms with van der Waals surface area (Å²) < 4.78 is 11.4. The summed E-state index contributed by atoms with van der Waals surface area (Å²) in [5.74, 6) is -0.211. The Hall–Kier alpha value is -1.10. The third-order valence-electron chi connectivity index (χ3n) is 4.88. The second-order valence-electron chi connectivity index (χ2n) is 7.52. The molecule has 21 heavy (non-hydrogen) atoms. The number of nitrogens with one attached hydrogen (secondary N) is 1. The summed E-state index contributed by atoms with van der Waals surface area (Å²) in [5.41, 5.74) is -0.531. The monoisotopic (exact) mass is 295 g/mol. The maximum atomic E-state index is 12.5. The summed E-state index contributed by atoms with van der Waals surface area (Å²) in [6, 6.07) is -0.503. The first-order chi connectivity index (χ1) is 9.87. The minimum Gasteiger partial charge on any atom is -0.458 e. The van der Waals surface area contributed by atoms with E-state index < -0.39 is 11.6 Å². The number of ether oxygens (including phenoxy) is 2. The van der Waals surface area contributed by atoms with Gasteiger partial charge in [-0.3, -0.25) is 4.79 Å². The molecule has 0 aromatic carbocycles. The minimum atomic E-state index is -0.531. The van der Waals surface area contributed by atoms with Gasteiger partial charge in [0.05, 0.1) is 18.6 Å². The summed E-state index contributed by atoms with van der Waals surface area (Å²) in [4.78, 5) is 24.6. The Morgan fingerprint density at radius 3 is 2.71 bits per heavy atom. The Morgan fingerprint density at radius 2 is 2.00 bits per heavy atom. The van der Waals surface area contributed by atoms with Gasteiger partial charge in [0.2, 0.25) is 5.91 Å². The lowest BCUT2D eigenvalue weighted by Crippen LogP contribution is -2.49. The van der Waals surface area contributed by atoms with Gasteiger partial charge < -0.3 is 14.8 Å². The highest BCUT2D eigenvalue weighted by Gasteiger charge is 2.55. The lowest BCUT2D eigenvalue weighted by atomic mass is 9.69. The van der Waals surface area contributed by atoms with E-state index in [1.807, 2.05) is 20.8 Å². The second-order valence-corrected chi connectivity index (χ2v) is 7.52. The molecule has 2 unspecified atom stereocenters. The molecule has 5 nitrogen and oxygen atoms in total. The van der Waals surface area contributed by atoms with Gasteiger partial charge >= 0.3 is 5.97 Å². The number of carbonyl (C=O) groups is 2. The van der Waals surface area contributed by atoms with Gasteiger partial charge in [-0.15, -0.1) is 0 Å². The first kappa shape index (κ1) is 14.8. The third kappa shape index (κ3) is 2.80. The van der Waals surface area contributed by atoms with E-state index in [1.54, 1.807) is 0 Å². The topological polar surface area (TPSA) is 64.6 Å². The van der Waals surface area contributed by atoms with Crippen molar-refractivity contribution in [2.24, 2.45) is 17.8 Å². The van der Waals surface area contributed by atoms with Crippen LogP contribution in [0.4, 0.5) is 0 Å². The summed E-state index contributed by atoms with van der Waals surface area (Å²) in [6.45, 7) is 6.00. The van der Waals surface area contributed by atoms with Crippen LogP contribution in [0.5, 0.6) is 0 Å². The maximum absolute atomic E-state index is 12.5. The summed E-state index contributed by atoms with van der Waals surface area (Å²) in [5, 5.41) is 2.86. The molecular formula is C16H25NO4. The van der Waals surface area contributed by atoms with Crippen LogP contribution in [0.25, 0.3) is 0 Å². The van der Waals surface area contributed by atoms with Gasteiger partial charge in [0.15, 0.2) is 0 Å². The molecule has 5 heteroatoms. The largest absolute Gasteiger partial charge is 0.458 e. The van der Waals surface area contributed by atoms with Crippen LogP contribution in [-0.2, 0) is 19.1 Å². The number of hydrogen-bond acceptors (Lipinski definition) is 4. The van der Waals surface area contributed by atoms with Crippen molar-refractivity contribution in [3.05, 3.63) is 0 Å². The zero-order valence-corrected chi connectivity index (χ0v) is 13.1. The molecule has 0 aromatic heterocycles. The summed E-state index contributed by atoms with van der Waals surface area (Å²) in [7, 11) is 0. The van der Waals surface area contributed by atoms with Gasteiger partial charge in [-0.1, -0.05) is 12.8 Å². The Bertz CT molecular complexity index is 442. The highest BCUT2D eigenvalue weighted by Crippen LogP contribution is 2.44. The van der Waals surface area contributed by atoms with Crippen LogP contribution in [0.1, 0.15) is 46.5 Å². The van der Waals surface area contributed by atoms with Gasteiger partial charge in [-0.05, 0) is 39.5 Å². The van der Waals surface area contributed by atoms with E-state index in [2.05, 4.69) is 5.32 Å². The van der Waals surface area contributed by atoms with Crippen molar-refractivity contribution < 1.29 is 19.1 Å². The van der Waals surface area contributed by atoms with Crippen molar-refractivity contribution in [3.63, 3.8) is 0 Å². The fourth-order valence-corrected chi connectivity index (χ4v) is 4.08. The maximum Gasteiger partial charge on any atom is 0.329 e. The predicted octanol–water partition coefficient (Wildman–Crippen LogP) is 1.65. The van der Waals surface area contributed by atoms with Crippen LogP contribution in [-0.4, -0.2) is 36.2 Å². The van der Waals surface area contributed by atoms with Gasteiger partial charge in [-0.25, -0.2) is 4.79 Å². The lowest BCUT2D eigenvalue weighted by Gasteiger charge is -2.43. The van der Waals surface area contributed by atoms with E-state index in [4.69, 9.17) is 9.47 Å². The average Bonchev–Trinajstić information content (AvgIpc) is 2.75. The first-order valence-corrected chi connectivity index (χ1v) is 8.01. The average molecular weight is 295 g/mol. The molecule has 0 spiro atoms. The van der Waals surface area contributed by atoms with E-state index in [0.717, 1.165) is 19.3 Å². The normalized spacial score (nSPS) is 39.2. The number of hydrogen-bond donors (Lipinski definition) is 1. The van der Waals surface area contributed by atoms with Crippen LogP contribution in [0.15, 0.2) is 0 Å². The van der Waals surface area contributed by atoms with Crippen molar-refractivity contribution in [2.45, 2.75) is 64.2 Å². The fraction of sp³-hybridized carbons (Fsp3) is 0.875. The fourth-order valence-electron chi connectivity index (χ4n) is 4.08. The smallest absolute Gasteiger partial charge is 0.329 e. The molecule has 1 aliphatic carbocycles. The standard InChI is InChI=1S/C16H25NO4/c1-16(2,3)21-15(19)13-12-9-6-4-5-7-11(9)20-8-10(12)14(18)17-13/h9-13H,4-8H2,1-3H3,(H,17,18)/t9?,10-,11?,12+,13+/m1/s1. The SMILES string of the molecule is CC(C)(C)OC(=O)[C@H]1NC(=O)[C@@H]2COC3CCCCC3[C@H]12. The Kier molecular flexibility index (Phi) is 3.72. The number of fused-ring (bicyclic) bond motifs is 3. The number of esters is 1. The zero-order valence-electron chi connectivity index (χ0n) is 13.1. The van der Waals surface area contributed by atoms with E-state index in [-0.39, 0.29) is 29.8 Å². The molecule has 1 N–H and O–H groups in total. The molecule has 2 aliphatic heterocycles. The molecule has 1 amide bonds. The quantitative estimate of drug-likeness (QED) is 0.747. The van der Waals surface area contributed by atoms with Crippen molar-refractivity contribution in [1.29, 1.82) is 0 Å². The molecular weight excluding hydrogens is 270 g/mol. The van der Waals surface area contributed by atoms with Gasteiger partial charge in [-0.2, -0.15) is 0 Å². The molecule has 1 saturated carbocycles. The van der Waals surface area contributed by atoms with Crippen LogP contribution >= 0.6 is 0 Å². The Balaban J connectivity index is 1.81. The van der Waals surface area contributed by atoms with Crippen LogP contribution in [0.3, 0.4) is 0 Å². The van der Waals surface area contributed by atoms with Gasteiger partial charge in [0.1, 0.15) is 11.6 Å². The highest BCUT2D eigenvalue weighted by atomic mass is 16.6. The van der Waals surface area contributed by atoms with Crippen LogP contribution in [0.2, 0.25) is 0 Å². The molecule has 0 aromatic rings. The van der Waals surface area contributed by atoms with Crippen molar-refractivity contribution in [2.75, 3.05) is 6.61 Å². The van der Waals surface area contributed by atoms with Crippen molar-refractivity contribution >= 4 is 11.9 Å². The molecule has 5 atom stereocenters. The predicted molar refractivity (Wildman–Crippen MR) is 76.5 cm³/mol. The third-order valence-corrected chi connectivity index (χ3v) is 4.88. The molecule has 118 valence electrons. The van der Waals surface area contributed by atoms with Crippen molar-refractivity contribution in [3.8, 4) is 0 Å². The number of rotatable bonds is 1. The van der Waals surface area contributed by atoms with Crippen LogP contribution in [0, 0.1) is 17.8 Å². The van der Waals surface area contributed by atoms with Gasteiger partial charge in [0, 0.05) is 5.92 Å². The van der Waals surface area contributed by atoms with Gasteiger partial charge in [0.25, 0.3) is 0 Å². The molecule has 2 saturated heterocycles. The van der Waals surface area contributed by atoms with E-state index in [1.165, 1.54) is 6.42 Å². The summed E-state index contributed by atoms with van der Waals surface area (Å²) in [6.07, 6.45) is 4.63. The highest BCUT2D eigenvalue weighted by molar-refractivity contribution is 5.90. The Labute approximate surface area is 125 Å². The molecule has 0 bridgehead atoms. The summed E-state index contributed by atoms with van der Waals surface area (Å²) >= 11 is 0. The van der Waals surface area contributed by atoms with Crippen LogP contribution < -0.4 is 5.32 Å². The molecule has 3 rings (SSSR count). The number of carbonyl (C=O) groups excluding carboxylic acids is 2. The number of amides is 1. The molecule has 3 aliphatic rings. The molecule has 0 radical (unpaired) electrons. The molecule has 3 fully saturated rings.